The number of primary amides is 1. The van der Waals surface area contributed by atoms with Crippen LogP contribution in [0.25, 0.3) is 0 Å². The molecule has 1 aromatic carbocycles. The normalized spacial score (nSPS) is 16.9. The van der Waals surface area contributed by atoms with Crippen LogP contribution in [0.3, 0.4) is 0 Å². The summed E-state index contributed by atoms with van der Waals surface area (Å²) in [6.45, 7) is 0.480. The summed E-state index contributed by atoms with van der Waals surface area (Å²) in [6.07, 6.45) is 0.825. The summed E-state index contributed by atoms with van der Waals surface area (Å²) in [5.41, 5.74) is 5.41. The van der Waals surface area contributed by atoms with Gasteiger partial charge in [-0.25, -0.2) is 8.42 Å². The van der Waals surface area contributed by atoms with Crippen LogP contribution in [-0.4, -0.2) is 38.8 Å². The Hall–Kier alpha value is -2.11. The fourth-order valence-electron chi connectivity index (χ4n) is 2.46. The maximum absolute atomic E-state index is 12.6. The number of rotatable bonds is 4. The molecule has 1 fully saturated rings. The number of amides is 1. The number of carbonyl (C=O) groups is 1. The smallest absolute Gasteiger partial charge is 0.243 e. The summed E-state index contributed by atoms with van der Waals surface area (Å²) in [5, 5.41) is 9.06. The van der Waals surface area contributed by atoms with E-state index >= 15 is 0 Å². The molecular weight excluding hydrogens is 306 g/mol. The summed E-state index contributed by atoms with van der Waals surface area (Å²) in [4.78, 5) is 11.2. The van der Waals surface area contributed by atoms with E-state index in [1.807, 2.05) is 6.07 Å². The van der Waals surface area contributed by atoms with Gasteiger partial charge in [-0.2, -0.15) is 9.57 Å². The number of ether oxygens (including phenoxy) is 1. The Bertz CT molecular complexity index is 716. The lowest BCUT2D eigenvalue weighted by Gasteiger charge is -2.29. The van der Waals surface area contributed by atoms with E-state index in [9.17, 15) is 13.2 Å². The molecule has 0 bridgehead atoms. The number of hydrogen-bond donors (Lipinski definition) is 1. The molecule has 8 heteroatoms. The van der Waals surface area contributed by atoms with Gasteiger partial charge in [-0.15, -0.1) is 0 Å². The van der Waals surface area contributed by atoms with Crippen molar-refractivity contribution < 1.29 is 17.9 Å². The third-order valence-corrected chi connectivity index (χ3v) is 5.68. The van der Waals surface area contributed by atoms with Crippen molar-refractivity contribution in [1.82, 2.24) is 4.31 Å². The molecule has 0 spiro atoms. The Morgan fingerprint density at radius 2 is 2.05 bits per heavy atom. The van der Waals surface area contributed by atoms with Crippen LogP contribution in [0.1, 0.15) is 18.4 Å². The zero-order chi connectivity index (χ0) is 16.3. The Balaban J connectivity index is 2.25. The molecule has 2 rings (SSSR count). The van der Waals surface area contributed by atoms with E-state index in [4.69, 9.17) is 15.7 Å². The first-order valence-electron chi connectivity index (χ1n) is 6.77. The van der Waals surface area contributed by atoms with Gasteiger partial charge in [0.15, 0.2) is 0 Å². The van der Waals surface area contributed by atoms with Crippen LogP contribution < -0.4 is 10.5 Å². The second-order valence-electron chi connectivity index (χ2n) is 5.05. The summed E-state index contributed by atoms with van der Waals surface area (Å²) < 4.78 is 31.5. The molecule has 118 valence electrons. The van der Waals surface area contributed by atoms with Gasteiger partial charge in [0.1, 0.15) is 11.8 Å². The fourth-order valence-corrected chi connectivity index (χ4v) is 3.96. The van der Waals surface area contributed by atoms with Gasteiger partial charge in [-0.05, 0) is 31.0 Å². The number of methoxy groups -OCH3 is 1. The van der Waals surface area contributed by atoms with E-state index in [0.717, 1.165) is 0 Å². The van der Waals surface area contributed by atoms with E-state index in [0.29, 0.717) is 18.6 Å². The predicted octanol–water partition coefficient (Wildman–Crippen LogP) is 0.453. The second-order valence-corrected chi connectivity index (χ2v) is 6.99. The van der Waals surface area contributed by atoms with E-state index in [1.54, 1.807) is 0 Å². The standard InChI is InChI=1S/C14H17N3O4S/c1-21-13-3-2-12(8-11(13)9-15)22(19,20)17-6-4-10(5-7-17)14(16)18/h2-3,8,10H,4-7H2,1H3,(H2,16,18). The number of piperidine rings is 1. The molecule has 0 aliphatic carbocycles. The number of nitrogens with two attached hydrogens (primary N) is 1. The average molecular weight is 323 g/mol. The first-order chi connectivity index (χ1) is 10.4. The van der Waals surface area contributed by atoms with Crippen molar-refractivity contribution in [2.24, 2.45) is 11.7 Å². The number of carbonyl (C=O) groups excluding carboxylic acids is 1. The van der Waals surface area contributed by atoms with Crippen LogP contribution in [0.5, 0.6) is 5.75 Å². The van der Waals surface area contributed by atoms with Crippen molar-refractivity contribution in [2.45, 2.75) is 17.7 Å². The van der Waals surface area contributed by atoms with Crippen molar-refractivity contribution >= 4 is 15.9 Å². The average Bonchev–Trinajstić information content (AvgIpc) is 2.54. The topological polar surface area (TPSA) is 113 Å². The molecule has 0 unspecified atom stereocenters. The lowest BCUT2D eigenvalue weighted by molar-refractivity contribution is -0.122. The summed E-state index contributed by atoms with van der Waals surface area (Å²) >= 11 is 0. The highest BCUT2D eigenvalue weighted by Gasteiger charge is 2.31. The van der Waals surface area contributed by atoms with E-state index in [-0.39, 0.29) is 29.5 Å². The van der Waals surface area contributed by atoms with Crippen molar-refractivity contribution in [3.8, 4) is 11.8 Å². The first kappa shape index (κ1) is 16.3. The number of sulfonamides is 1. The lowest BCUT2D eigenvalue weighted by atomic mass is 9.98. The third kappa shape index (κ3) is 3.05. The van der Waals surface area contributed by atoms with Crippen molar-refractivity contribution in [1.29, 1.82) is 5.26 Å². The fraction of sp³-hybridized carbons (Fsp3) is 0.429. The number of nitriles is 1. The molecule has 1 aliphatic rings. The molecule has 1 amide bonds. The van der Waals surface area contributed by atoms with Crippen molar-refractivity contribution in [3.63, 3.8) is 0 Å². The van der Waals surface area contributed by atoms with Crippen LogP contribution in [0.15, 0.2) is 23.1 Å². The van der Waals surface area contributed by atoms with Gasteiger partial charge in [-0.3, -0.25) is 4.79 Å². The van der Waals surface area contributed by atoms with Crippen LogP contribution >= 0.6 is 0 Å². The zero-order valence-electron chi connectivity index (χ0n) is 12.2. The van der Waals surface area contributed by atoms with Crippen LogP contribution in [0, 0.1) is 17.2 Å². The van der Waals surface area contributed by atoms with Gasteiger partial charge in [0, 0.05) is 19.0 Å². The molecule has 0 radical (unpaired) electrons. The summed E-state index contributed by atoms with van der Waals surface area (Å²) in [6, 6.07) is 6.09. The van der Waals surface area contributed by atoms with Gasteiger partial charge in [-0.1, -0.05) is 0 Å². The molecule has 1 heterocycles. The number of nitrogens with zero attached hydrogens (tertiary/aromatic N) is 2. The van der Waals surface area contributed by atoms with E-state index in [2.05, 4.69) is 0 Å². The Morgan fingerprint density at radius 3 is 2.55 bits per heavy atom. The minimum atomic E-state index is -3.69. The molecule has 1 aromatic rings. The highest BCUT2D eigenvalue weighted by atomic mass is 32.2. The highest BCUT2D eigenvalue weighted by molar-refractivity contribution is 7.89. The summed E-state index contributed by atoms with van der Waals surface area (Å²) in [5.74, 6) is -0.348. The number of benzene rings is 1. The molecule has 7 nitrogen and oxygen atoms in total. The monoisotopic (exact) mass is 323 g/mol. The molecule has 1 aliphatic heterocycles. The minimum absolute atomic E-state index is 0.0439. The molecule has 2 N–H and O–H groups in total. The maximum Gasteiger partial charge on any atom is 0.243 e. The first-order valence-corrected chi connectivity index (χ1v) is 8.21. The van der Waals surface area contributed by atoms with Gasteiger partial charge in [0.05, 0.1) is 17.6 Å². The highest BCUT2D eigenvalue weighted by Crippen LogP contribution is 2.27. The van der Waals surface area contributed by atoms with Crippen molar-refractivity contribution in [2.75, 3.05) is 20.2 Å². The minimum Gasteiger partial charge on any atom is -0.495 e. The maximum atomic E-state index is 12.6. The quantitative estimate of drug-likeness (QED) is 0.864. The van der Waals surface area contributed by atoms with Crippen LogP contribution in [0.4, 0.5) is 0 Å². The molecular formula is C14H17N3O4S. The molecule has 0 atom stereocenters. The van der Waals surface area contributed by atoms with Crippen LogP contribution in [0.2, 0.25) is 0 Å². The zero-order valence-corrected chi connectivity index (χ0v) is 13.0. The predicted molar refractivity (Wildman–Crippen MR) is 78.4 cm³/mol. The number of hydrogen-bond acceptors (Lipinski definition) is 5. The van der Waals surface area contributed by atoms with Gasteiger partial charge in [0.2, 0.25) is 15.9 Å². The van der Waals surface area contributed by atoms with Gasteiger partial charge >= 0.3 is 0 Å². The Morgan fingerprint density at radius 1 is 1.41 bits per heavy atom. The molecule has 0 aromatic heterocycles. The second kappa shape index (κ2) is 6.34. The van der Waals surface area contributed by atoms with E-state index in [1.165, 1.54) is 29.6 Å². The van der Waals surface area contributed by atoms with Gasteiger partial charge < -0.3 is 10.5 Å². The SMILES string of the molecule is COc1ccc(S(=O)(=O)N2CCC(C(N)=O)CC2)cc1C#N. The van der Waals surface area contributed by atoms with Gasteiger partial charge in [0.25, 0.3) is 0 Å². The molecule has 0 saturated carbocycles. The molecule has 22 heavy (non-hydrogen) atoms. The summed E-state index contributed by atoms with van der Waals surface area (Å²) in [7, 11) is -2.28. The lowest BCUT2D eigenvalue weighted by Crippen LogP contribution is -2.41. The van der Waals surface area contributed by atoms with Crippen molar-refractivity contribution in [3.05, 3.63) is 23.8 Å². The third-order valence-electron chi connectivity index (χ3n) is 3.79. The Labute approximate surface area is 129 Å². The van der Waals surface area contributed by atoms with E-state index < -0.39 is 15.9 Å². The van der Waals surface area contributed by atoms with Crippen LogP contribution in [-0.2, 0) is 14.8 Å². The Kier molecular flexibility index (Phi) is 4.68. The largest absolute Gasteiger partial charge is 0.495 e. The molecule has 1 saturated heterocycles.